The fourth-order valence-corrected chi connectivity index (χ4v) is 1.57. The Labute approximate surface area is 107 Å². The highest BCUT2D eigenvalue weighted by Gasteiger charge is 2.10. The van der Waals surface area contributed by atoms with Crippen LogP contribution in [-0.4, -0.2) is 18.8 Å². The van der Waals surface area contributed by atoms with Crippen molar-refractivity contribution < 1.29 is 14.3 Å². The van der Waals surface area contributed by atoms with E-state index in [-0.39, 0.29) is 0 Å². The second kappa shape index (κ2) is 6.19. The van der Waals surface area contributed by atoms with Crippen LogP contribution in [0.15, 0.2) is 18.2 Å². The first-order valence-electron chi connectivity index (χ1n) is 5.91. The third kappa shape index (κ3) is 3.58. The molecule has 0 saturated carbocycles. The third-order valence-electron chi connectivity index (χ3n) is 2.74. The molecule has 1 aromatic rings. The van der Waals surface area contributed by atoms with Gasteiger partial charge in [-0.2, -0.15) is 0 Å². The van der Waals surface area contributed by atoms with E-state index in [4.69, 9.17) is 4.74 Å². The van der Waals surface area contributed by atoms with Gasteiger partial charge >= 0.3 is 0 Å². The zero-order chi connectivity index (χ0) is 13.7. The summed E-state index contributed by atoms with van der Waals surface area (Å²) >= 11 is 0. The molecule has 0 unspecified atom stereocenters. The summed E-state index contributed by atoms with van der Waals surface area (Å²) < 4.78 is 5.29. The third-order valence-corrected chi connectivity index (χ3v) is 2.74. The van der Waals surface area contributed by atoms with Gasteiger partial charge in [-0.3, -0.25) is 9.59 Å². The highest BCUT2D eigenvalue weighted by Crippen LogP contribution is 2.24. The molecule has 1 rings (SSSR count). The molecule has 0 radical (unpaired) electrons. The molecule has 1 N–H and O–H groups in total. The summed E-state index contributed by atoms with van der Waals surface area (Å²) in [5, 5.41) is 2.55. The summed E-state index contributed by atoms with van der Waals surface area (Å²) in [5.41, 5.74) is 2.03. The van der Waals surface area contributed by atoms with Crippen LogP contribution >= 0.6 is 0 Å². The molecular formula is C14H19NO3. The minimum atomic E-state index is -0.579. The summed E-state index contributed by atoms with van der Waals surface area (Å²) in [6, 6.07) is 5.87. The molecule has 0 aliphatic rings. The largest absolute Gasteiger partial charge is 0.496 e. The summed E-state index contributed by atoms with van der Waals surface area (Å²) in [6.45, 7) is 5.74. The molecule has 1 aromatic carbocycles. The van der Waals surface area contributed by atoms with Gasteiger partial charge in [-0.15, -0.1) is 0 Å². The Bertz CT molecular complexity index is 452. The van der Waals surface area contributed by atoms with Crippen molar-refractivity contribution in [3.05, 3.63) is 29.3 Å². The molecule has 4 nitrogen and oxygen atoms in total. The molecule has 0 saturated heterocycles. The summed E-state index contributed by atoms with van der Waals surface area (Å²) in [5.74, 6) is 0.0718. The Hall–Kier alpha value is -1.84. The van der Waals surface area contributed by atoms with Crippen LogP contribution in [0.5, 0.6) is 5.75 Å². The first kappa shape index (κ1) is 14.2. The van der Waals surface area contributed by atoms with Crippen molar-refractivity contribution in [2.75, 3.05) is 7.11 Å². The zero-order valence-electron chi connectivity index (χ0n) is 11.2. The van der Waals surface area contributed by atoms with Gasteiger partial charge < -0.3 is 10.1 Å². The number of carbonyl (C=O) groups excluding carboxylic acids is 2. The lowest BCUT2D eigenvalue weighted by Gasteiger charge is -2.12. The topological polar surface area (TPSA) is 55.4 Å². The van der Waals surface area contributed by atoms with Crippen molar-refractivity contribution in [2.24, 2.45) is 0 Å². The molecule has 0 fully saturated rings. The maximum atomic E-state index is 11.2. The lowest BCUT2D eigenvalue weighted by atomic mass is 10.0. The van der Waals surface area contributed by atoms with Gasteiger partial charge in [0.15, 0.2) is 0 Å². The predicted octanol–water partition coefficient (Wildman–Crippen LogP) is 2.02. The maximum Gasteiger partial charge on any atom is 0.287 e. The van der Waals surface area contributed by atoms with Crippen LogP contribution in [-0.2, 0) is 16.1 Å². The van der Waals surface area contributed by atoms with Crippen molar-refractivity contribution in [1.82, 2.24) is 5.32 Å². The van der Waals surface area contributed by atoms with Gasteiger partial charge in [-0.25, -0.2) is 0 Å². The van der Waals surface area contributed by atoms with Crippen LogP contribution < -0.4 is 10.1 Å². The average molecular weight is 249 g/mol. The number of Topliss-reactive ketones (excluding diaryl/α,β-unsaturated/α-hetero) is 1. The number of carbonyl (C=O) groups is 2. The van der Waals surface area contributed by atoms with E-state index in [1.807, 2.05) is 18.2 Å². The molecule has 4 heteroatoms. The van der Waals surface area contributed by atoms with Gasteiger partial charge in [0.2, 0.25) is 5.78 Å². The van der Waals surface area contributed by atoms with E-state index in [1.54, 1.807) is 7.11 Å². The average Bonchev–Trinajstić information content (AvgIpc) is 2.35. The maximum absolute atomic E-state index is 11.2. The van der Waals surface area contributed by atoms with Gasteiger partial charge in [0, 0.05) is 19.0 Å². The lowest BCUT2D eigenvalue weighted by molar-refractivity contribution is -0.136. The predicted molar refractivity (Wildman–Crippen MR) is 69.6 cm³/mol. The van der Waals surface area contributed by atoms with Crippen LogP contribution in [0.1, 0.15) is 37.8 Å². The van der Waals surface area contributed by atoms with Crippen LogP contribution in [0.2, 0.25) is 0 Å². The molecule has 98 valence electrons. The normalized spacial score (nSPS) is 10.3. The number of nitrogens with one attached hydrogen (secondary N) is 1. The summed E-state index contributed by atoms with van der Waals surface area (Å²) in [4.78, 5) is 22.0. The van der Waals surface area contributed by atoms with E-state index < -0.39 is 11.7 Å². The molecule has 0 aliphatic heterocycles. The molecule has 0 spiro atoms. The van der Waals surface area contributed by atoms with Gasteiger partial charge in [0.25, 0.3) is 5.91 Å². The van der Waals surface area contributed by atoms with Gasteiger partial charge in [-0.05, 0) is 17.5 Å². The van der Waals surface area contributed by atoms with Crippen molar-refractivity contribution in [2.45, 2.75) is 33.2 Å². The molecule has 0 heterocycles. The van der Waals surface area contributed by atoms with E-state index in [9.17, 15) is 9.59 Å². The number of amides is 1. The first-order valence-corrected chi connectivity index (χ1v) is 5.91. The van der Waals surface area contributed by atoms with Crippen molar-refractivity contribution in [3.63, 3.8) is 0 Å². The molecule has 18 heavy (non-hydrogen) atoms. The molecule has 0 bridgehead atoms. The first-order chi connectivity index (χ1) is 8.45. The molecule has 1 amide bonds. The monoisotopic (exact) mass is 249 g/mol. The number of hydrogen-bond donors (Lipinski definition) is 1. The highest BCUT2D eigenvalue weighted by molar-refractivity contribution is 6.35. The Kier molecular flexibility index (Phi) is 4.89. The minimum Gasteiger partial charge on any atom is -0.496 e. The molecule has 0 atom stereocenters. The summed E-state index contributed by atoms with van der Waals surface area (Å²) in [6.07, 6.45) is 0. The number of hydrogen-bond acceptors (Lipinski definition) is 3. The van der Waals surface area contributed by atoms with E-state index in [1.165, 1.54) is 12.5 Å². The Morgan fingerprint density at radius 2 is 2.00 bits per heavy atom. The van der Waals surface area contributed by atoms with E-state index in [0.717, 1.165) is 11.3 Å². The Balaban J connectivity index is 2.83. The van der Waals surface area contributed by atoms with E-state index in [0.29, 0.717) is 12.5 Å². The van der Waals surface area contributed by atoms with Crippen molar-refractivity contribution in [1.29, 1.82) is 0 Å². The SMILES string of the molecule is COc1cc(C(C)C)ccc1CNC(=O)C(C)=O. The molecule has 0 aromatic heterocycles. The van der Waals surface area contributed by atoms with Crippen molar-refractivity contribution >= 4 is 11.7 Å². The lowest BCUT2D eigenvalue weighted by Crippen LogP contribution is -2.28. The van der Waals surface area contributed by atoms with Crippen LogP contribution in [0.4, 0.5) is 0 Å². The zero-order valence-corrected chi connectivity index (χ0v) is 11.2. The Morgan fingerprint density at radius 1 is 1.33 bits per heavy atom. The summed E-state index contributed by atoms with van der Waals surface area (Å²) in [7, 11) is 1.59. The second-order valence-corrected chi connectivity index (χ2v) is 4.46. The fourth-order valence-electron chi connectivity index (χ4n) is 1.57. The van der Waals surface area contributed by atoms with Gasteiger partial charge in [0.1, 0.15) is 5.75 Å². The number of benzene rings is 1. The Morgan fingerprint density at radius 3 is 2.50 bits per heavy atom. The van der Waals surface area contributed by atoms with Gasteiger partial charge in [-0.1, -0.05) is 26.0 Å². The van der Waals surface area contributed by atoms with Gasteiger partial charge in [0.05, 0.1) is 7.11 Å². The second-order valence-electron chi connectivity index (χ2n) is 4.46. The molecular weight excluding hydrogens is 230 g/mol. The van der Waals surface area contributed by atoms with Crippen LogP contribution in [0, 0.1) is 0 Å². The highest BCUT2D eigenvalue weighted by atomic mass is 16.5. The molecule has 0 aliphatic carbocycles. The number of rotatable bonds is 5. The van der Waals surface area contributed by atoms with Crippen molar-refractivity contribution in [3.8, 4) is 5.75 Å². The minimum absolute atomic E-state index is 0.292. The standard InChI is InChI=1S/C14H19NO3/c1-9(2)11-5-6-12(13(7-11)18-4)8-15-14(17)10(3)16/h5-7,9H,8H2,1-4H3,(H,15,17). The quantitative estimate of drug-likeness (QED) is 0.812. The number of methoxy groups -OCH3 is 1. The van der Waals surface area contributed by atoms with Crippen LogP contribution in [0.3, 0.4) is 0 Å². The smallest absolute Gasteiger partial charge is 0.287 e. The van der Waals surface area contributed by atoms with E-state index >= 15 is 0 Å². The fraction of sp³-hybridized carbons (Fsp3) is 0.429. The number of ketones is 1. The van der Waals surface area contributed by atoms with Crippen LogP contribution in [0.25, 0.3) is 0 Å². The number of ether oxygens (including phenoxy) is 1. The van der Waals surface area contributed by atoms with E-state index in [2.05, 4.69) is 19.2 Å².